The molecule has 0 bridgehead atoms. The number of alkyl halides is 2. The summed E-state index contributed by atoms with van der Waals surface area (Å²) < 4.78 is 38.3. The first kappa shape index (κ1) is 22.6. The van der Waals surface area contributed by atoms with Crippen LogP contribution in [0.15, 0.2) is 47.6 Å². The van der Waals surface area contributed by atoms with Gasteiger partial charge in [-0.3, -0.25) is 0 Å². The van der Waals surface area contributed by atoms with Crippen molar-refractivity contribution in [1.29, 1.82) is 0 Å². The molecule has 31 heavy (non-hydrogen) atoms. The molecule has 6 nitrogen and oxygen atoms in total. The molecule has 3 rings (SSSR count). The van der Waals surface area contributed by atoms with Crippen molar-refractivity contribution in [1.82, 2.24) is 14.9 Å². The van der Waals surface area contributed by atoms with Crippen molar-refractivity contribution < 1.29 is 18.3 Å². The lowest BCUT2D eigenvalue weighted by Crippen LogP contribution is -2.10. The second kappa shape index (κ2) is 9.38. The minimum atomic E-state index is -2.80. The number of halogens is 2. The first-order chi connectivity index (χ1) is 14.7. The van der Waals surface area contributed by atoms with Gasteiger partial charge in [0.2, 0.25) is 10.6 Å². The molecule has 0 aliphatic heterocycles. The van der Waals surface area contributed by atoms with Crippen molar-refractivity contribution in [3.8, 4) is 11.5 Å². The van der Waals surface area contributed by atoms with Crippen molar-refractivity contribution in [2.45, 2.75) is 39.2 Å². The Morgan fingerprint density at radius 2 is 1.90 bits per heavy atom. The standard InChI is InChI=1S/C22H24F2N4O2S/c1-22(2,3)16-6-8-17(9-7-16)30-13-15-11-14(5-10-18(15)29-4)12-25-28-20(19(23)24)26-27-21(28)31/h5-12,19H,13H2,1-4H3,(H,27,31)/b25-12-. The van der Waals surface area contributed by atoms with Crippen molar-refractivity contribution >= 4 is 18.4 Å². The Bertz CT molecular complexity index is 1120. The monoisotopic (exact) mass is 446 g/mol. The number of aromatic nitrogens is 3. The predicted molar refractivity (Wildman–Crippen MR) is 118 cm³/mol. The number of H-pyrrole nitrogens is 1. The number of rotatable bonds is 7. The highest BCUT2D eigenvalue weighted by Crippen LogP contribution is 2.26. The summed E-state index contributed by atoms with van der Waals surface area (Å²) in [5, 5.41) is 9.85. The van der Waals surface area contributed by atoms with Gasteiger partial charge < -0.3 is 9.47 Å². The first-order valence-corrected chi connectivity index (χ1v) is 10.00. The van der Waals surface area contributed by atoms with E-state index in [1.54, 1.807) is 19.2 Å². The van der Waals surface area contributed by atoms with E-state index in [1.807, 2.05) is 30.3 Å². The minimum Gasteiger partial charge on any atom is -0.496 e. The molecule has 9 heteroatoms. The van der Waals surface area contributed by atoms with Gasteiger partial charge in [0.25, 0.3) is 6.43 Å². The number of ether oxygens (including phenoxy) is 2. The van der Waals surface area contributed by atoms with Crippen LogP contribution in [0.5, 0.6) is 11.5 Å². The number of aromatic amines is 1. The Kier molecular flexibility index (Phi) is 6.84. The van der Waals surface area contributed by atoms with E-state index in [-0.39, 0.29) is 16.8 Å². The zero-order chi connectivity index (χ0) is 22.6. The molecule has 0 saturated carbocycles. The van der Waals surface area contributed by atoms with Crippen LogP contribution in [0.3, 0.4) is 0 Å². The van der Waals surface area contributed by atoms with Gasteiger partial charge in [-0.05, 0) is 59.1 Å². The summed E-state index contributed by atoms with van der Waals surface area (Å²) in [6.07, 6.45) is -1.37. The Labute approximate surface area is 184 Å². The molecule has 164 valence electrons. The van der Waals surface area contributed by atoms with Gasteiger partial charge >= 0.3 is 0 Å². The van der Waals surface area contributed by atoms with Gasteiger partial charge in [0, 0.05) is 5.56 Å². The molecule has 1 N–H and O–H groups in total. The average Bonchev–Trinajstić information content (AvgIpc) is 3.11. The lowest BCUT2D eigenvalue weighted by atomic mass is 9.87. The van der Waals surface area contributed by atoms with E-state index in [4.69, 9.17) is 21.7 Å². The maximum absolute atomic E-state index is 13.0. The lowest BCUT2D eigenvalue weighted by molar-refractivity contribution is 0.136. The highest BCUT2D eigenvalue weighted by Gasteiger charge is 2.16. The van der Waals surface area contributed by atoms with Crippen LogP contribution in [0.2, 0.25) is 0 Å². The molecule has 0 unspecified atom stereocenters. The predicted octanol–water partition coefficient (Wildman–Crippen LogP) is 5.65. The summed E-state index contributed by atoms with van der Waals surface area (Å²) in [6.45, 7) is 6.73. The summed E-state index contributed by atoms with van der Waals surface area (Å²) in [4.78, 5) is 0. The molecule has 0 amide bonds. The summed E-state index contributed by atoms with van der Waals surface area (Å²) in [6, 6.07) is 13.3. The van der Waals surface area contributed by atoms with Crippen LogP contribution in [0.1, 0.15) is 49.7 Å². The van der Waals surface area contributed by atoms with E-state index in [1.165, 1.54) is 11.8 Å². The topological polar surface area (TPSA) is 64.4 Å². The van der Waals surface area contributed by atoms with E-state index in [0.717, 1.165) is 16.0 Å². The number of methoxy groups -OCH3 is 1. The molecule has 1 aromatic heterocycles. The fraction of sp³-hybridized carbons (Fsp3) is 0.318. The number of nitrogens with zero attached hydrogens (tertiary/aromatic N) is 3. The Balaban J connectivity index is 1.78. The van der Waals surface area contributed by atoms with Crippen molar-refractivity contribution in [3.63, 3.8) is 0 Å². The number of nitrogens with one attached hydrogen (secondary N) is 1. The largest absolute Gasteiger partial charge is 0.496 e. The highest BCUT2D eigenvalue weighted by atomic mass is 32.1. The fourth-order valence-electron chi connectivity index (χ4n) is 2.88. The first-order valence-electron chi connectivity index (χ1n) is 9.59. The van der Waals surface area contributed by atoms with E-state index in [0.29, 0.717) is 11.3 Å². The normalized spacial score (nSPS) is 12.0. The van der Waals surface area contributed by atoms with Crippen molar-refractivity contribution in [3.05, 3.63) is 69.8 Å². The van der Waals surface area contributed by atoms with Crippen LogP contribution >= 0.6 is 12.2 Å². The van der Waals surface area contributed by atoms with Gasteiger partial charge in [0.05, 0.1) is 13.3 Å². The van der Waals surface area contributed by atoms with Crippen LogP contribution in [-0.2, 0) is 12.0 Å². The third kappa shape index (κ3) is 5.55. The zero-order valence-corrected chi connectivity index (χ0v) is 18.5. The molecule has 0 atom stereocenters. The zero-order valence-electron chi connectivity index (χ0n) is 17.7. The second-order valence-electron chi connectivity index (χ2n) is 7.88. The van der Waals surface area contributed by atoms with Gasteiger partial charge in [-0.15, -0.1) is 0 Å². The molecular weight excluding hydrogens is 422 g/mol. The molecule has 1 heterocycles. The molecule has 0 radical (unpaired) electrons. The number of benzene rings is 2. The van der Waals surface area contributed by atoms with Gasteiger partial charge in [0.15, 0.2) is 0 Å². The smallest absolute Gasteiger partial charge is 0.299 e. The average molecular weight is 447 g/mol. The second-order valence-corrected chi connectivity index (χ2v) is 8.27. The molecule has 0 saturated heterocycles. The van der Waals surface area contributed by atoms with Crippen molar-refractivity contribution in [2.24, 2.45) is 5.10 Å². The van der Waals surface area contributed by atoms with Crippen molar-refractivity contribution in [2.75, 3.05) is 7.11 Å². The molecule has 0 fully saturated rings. The number of hydrogen-bond donors (Lipinski definition) is 1. The third-order valence-corrected chi connectivity index (χ3v) is 4.88. The molecular formula is C22H24F2N4O2S. The molecule has 0 aliphatic carbocycles. The quantitative estimate of drug-likeness (QED) is 0.377. The Morgan fingerprint density at radius 3 is 2.52 bits per heavy atom. The van der Waals surface area contributed by atoms with E-state index < -0.39 is 12.2 Å². The van der Waals surface area contributed by atoms with Gasteiger partial charge in [-0.25, -0.2) is 13.9 Å². The van der Waals surface area contributed by atoms with Gasteiger partial charge in [-0.2, -0.15) is 14.9 Å². The summed E-state index contributed by atoms with van der Waals surface area (Å²) in [5.74, 6) is 0.842. The lowest BCUT2D eigenvalue weighted by Gasteiger charge is -2.19. The maximum Gasteiger partial charge on any atom is 0.299 e. The SMILES string of the molecule is COc1ccc(/C=N\n2c(C(F)F)n[nH]c2=S)cc1COc1ccc(C(C)(C)C)cc1. The molecule has 0 aliphatic rings. The molecule has 0 spiro atoms. The van der Waals surface area contributed by atoms with Gasteiger partial charge in [0.1, 0.15) is 18.1 Å². The molecule has 3 aromatic rings. The maximum atomic E-state index is 13.0. The van der Waals surface area contributed by atoms with E-state index >= 15 is 0 Å². The van der Waals surface area contributed by atoms with Crippen LogP contribution in [0.25, 0.3) is 0 Å². The molecule has 2 aromatic carbocycles. The minimum absolute atomic E-state index is 0.0117. The fourth-order valence-corrected chi connectivity index (χ4v) is 3.07. The Morgan fingerprint density at radius 1 is 1.19 bits per heavy atom. The van der Waals surface area contributed by atoms with E-state index in [2.05, 4.69) is 36.1 Å². The van der Waals surface area contributed by atoms with Crippen LogP contribution < -0.4 is 9.47 Å². The van der Waals surface area contributed by atoms with E-state index in [9.17, 15) is 8.78 Å². The van der Waals surface area contributed by atoms with Crippen LogP contribution in [-0.4, -0.2) is 28.2 Å². The summed E-state index contributed by atoms with van der Waals surface area (Å²) in [7, 11) is 1.57. The number of hydrogen-bond acceptors (Lipinski definition) is 5. The van der Waals surface area contributed by atoms with Gasteiger partial charge in [-0.1, -0.05) is 32.9 Å². The summed E-state index contributed by atoms with van der Waals surface area (Å²) in [5.41, 5.74) is 2.75. The summed E-state index contributed by atoms with van der Waals surface area (Å²) >= 11 is 4.96. The Hall–Kier alpha value is -3.07. The van der Waals surface area contributed by atoms with Crippen LogP contribution in [0, 0.1) is 4.77 Å². The van der Waals surface area contributed by atoms with Crippen LogP contribution in [0.4, 0.5) is 8.78 Å². The highest BCUT2D eigenvalue weighted by molar-refractivity contribution is 7.71. The third-order valence-electron chi connectivity index (χ3n) is 4.61.